The molecule has 1 heterocycles. The molecule has 1 amide bonds. The Morgan fingerprint density at radius 3 is 2.57 bits per heavy atom. The average molecular weight is 468 g/mol. The Morgan fingerprint density at radius 1 is 1.30 bits per heavy atom. The fraction of sp³-hybridized carbons (Fsp3) is 0.250. The van der Waals surface area contributed by atoms with Gasteiger partial charge in [-0.1, -0.05) is 22.0 Å². The molecule has 1 N–H and O–H groups in total. The molecule has 0 saturated heterocycles. The van der Waals surface area contributed by atoms with Crippen molar-refractivity contribution in [3.8, 4) is 6.07 Å². The maximum Gasteiger partial charge on any atom is 0.266 e. The first-order valence-corrected chi connectivity index (χ1v) is 10.5. The van der Waals surface area contributed by atoms with Gasteiger partial charge in [0.1, 0.15) is 17.5 Å². The molecule has 0 saturated carbocycles. The van der Waals surface area contributed by atoms with Crippen LogP contribution in [0.3, 0.4) is 0 Å². The van der Waals surface area contributed by atoms with Crippen LogP contribution in [-0.4, -0.2) is 18.0 Å². The lowest BCUT2D eigenvalue weighted by Crippen LogP contribution is -2.45. The second-order valence-electron chi connectivity index (χ2n) is 7.75. The highest BCUT2D eigenvalue weighted by Crippen LogP contribution is 2.40. The number of rotatable bonds is 4. The highest BCUT2D eigenvalue weighted by atomic mass is 79.9. The maximum absolute atomic E-state index is 15.0. The molecule has 0 atom stereocenters. The summed E-state index contributed by atoms with van der Waals surface area (Å²) in [5.41, 5.74) is 3.12. The summed E-state index contributed by atoms with van der Waals surface area (Å²) < 4.78 is 15.8. The van der Waals surface area contributed by atoms with Crippen molar-refractivity contribution in [2.24, 2.45) is 0 Å². The zero-order chi connectivity index (χ0) is 22.1. The van der Waals surface area contributed by atoms with Crippen molar-refractivity contribution >= 4 is 44.9 Å². The number of nitrogens with zero attached hydrogens (tertiary/aromatic N) is 2. The van der Waals surface area contributed by atoms with Gasteiger partial charge in [-0.3, -0.25) is 4.79 Å². The van der Waals surface area contributed by atoms with E-state index in [0.717, 1.165) is 27.8 Å². The van der Waals surface area contributed by atoms with Crippen LogP contribution in [0.25, 0.3) is 11.6 Å². The summed E-state index contributed by atoms with van der Waals surface area (Å²) in [5.74, 6) is -1.05. The quantitative estimate of drug-likeness (QED) is 0.432. The van der Waals surface area contributed by atoms with Crippen LogP contribution in [0.2, 0.25) is 0 Å². The van der Waals surface area contributed by atoms with E-state index >= 15 is 0 Å². The number of likely N-dealkylation sites (N-methyl/N-ethyl adjacent to an activating group) is 1. The predicted molar refractivity (Wildman–Crippen MR) is 124 cm³/mol. The molecule has 2 aromatic carbocycles. The summed E-state index contributed by atoms with van der Waals surface area (Å²) in [6.07, 6.45) is 3.45. The molecule has 4 nitrogen and oxygen atoms in total. The van der Waals surface area contributed by atoms with Crippen LogP contribution in [0.5, 0.6) is 0 Å². The van der Waals surface area contributed by atoms with Crippen molar-refractivity contribution in [2.45, 2.75) is 33.2 Å². The molecule has 2 aromatic rings. The summed E-state index contributed by atoms with van der Waals surface area (Å²) in [4.78, 5) is 14.7. The second-order valence-corrected chi connectivity index (χ2v) is 8.66. The van der Waals surface area contributed by atoms with Gasteiger partial charge in [-0.2, -0.15) is 5.26 Å². The van der Waals surface area contributed by atoms with E-state index in [0.29, 0.717) is 5.69 Å². The number of carbonyl (C=O) groups excluding carboxylic acids is 1. The molecule has 0 unspecified atom stereocenters. The Labute approximate surface area is 184 Å². The van der Waals surface area contributed by atoms with Crippen molar-refractivity contribution in [1.29, 1.82) is 5.26 Å². The predicted octanol–water partition coefficient (Wildman–Crippen LogP) is 6.16. The van der Waals surface area contributed by atoms with Gasteiger partial charge in [-0.05, 0) is 75.7 Å². The molecule has 0 fully saturated rings. The van der Waals surface area contributed by atoms with E-state index in [4.69, 9.17) is 0 Å². The van der Waals surface area contributed by atoms with Gasteiger partial charge in [0.05, 0.1) is 5.54 Å². The van der Waals surface area contributed by atoms with E-state index in [-0.39, 0.29) is 16.7 Å². The molecular formula is C24H23BrFN3O. The molecule has 1 aliphatic rings. The average Bonchev–Trinajstić information content (AvgIpc) is 2.68. The number of nitriles is 1. The summed E-state index contributed by atoms with van der Waals surface area (Å²) in [6, 6.07) is 12.1. The van der Waals surface area contributed by atoms with E-state index in [1.807, 2.05) is 19.9 Å². The second kappa shape index (κ2) is 8.45. The van der Waals surface area contributed by atoms with Crippen molar-refractivity contribution in [3.63, 3.8) is 0 Å². The van der Waals surface area contributed by atoms with Gasteiger partial charge in [-0.15, -0.1) is 0 Å². The molecule has 0 aliphatic carbocycles. The lowest BCUT2D eigenvalue weighted by atomic mass is 9.87. The number of fused-ring (bicyclic) bond motifs is 1. The smallest absolute Gasteiger partial charge is 0.266 e. The number of hydrogen-bond acceptors (Lipinski definition) is 3. The van der Waals surface area contributed by atoms with E-state index in [1.54, 1.807) is 30.3 Å². The third-order valence-corrected chi connectivity index (χ3v) is 5.71. The Balaban J connectivity index is 1.98. The van der Waals surface area contributed by atoms with Crippen LogP contribution in [0.4, 0.5) is 15.8 Å². The molecule has 1 aliphatic heterocycles. The molecule has 6 heteroatoms. The first kappa shape index (κ1) is 21.8. The van der Waals surface area contributed by atoms with Gasteiger partial charge in [0.15, 0.2) is 0 Å². The van der Waals surface area contributed by atoms with Gasteiger partial charge in [0.25, 0.3) is 5.91 Å². The number of carbonyl (C=O) groups is 1. The molecule has 0 aromatic heterocycles. The summed E-state index contributed by atoms with van der Waals surface area (Å²) in [7, 11) is 0. The lowest BCUT2D eigenvalue weighted by molar-refractivity contribution is -0.112. The van der Waals surface area contributed by atoms with Crippen molar-refractivity contribution in [3.05, 3.63) is 69.5 Å². The fourth-order valence-electron chi connectivity index (χ4n) is 3.84. The number of amides is 1. The van der Waals surface area contributed by atoms with Crippen LogP contribution in [0, 0.1) is 17.1 Å². The molecule has 0 radical (unpaired) electrons. The minimum Gasteiger partial charge on any atom is -0.363 e. The zero-order valence-electron chi connectivity index (χ0n) is 17.4. The van der Waals surface area contributed by atoms with Gasteiger partial charge >= 0.3 is 0 Å². The molecule has 154 valence electrons. The van der Waals surface area contributed by atoms with Crippen molar-refractivity contribution in [1.82, 2.24) is 0 Å². The Bertz CT molecular complexity index is 1090. The number of hydrogen-bond donors (Lipinski definition) is 1. The number of benzene rings is 2. The minimum absolute atomic E-state index is 0.165. The molecular weight excluding hydrogens is 445 g/mol. The highest BCUT2D eigenvalue weighted by molar-refractivity contribution is 9.10. The summed E-state index contributed by atoms with van der Waals surface area (Å²) in [6.45, 7) is 8.94. The number of nitrogens with one attached hydrogen (secondary N) is 1. The van der Waals surface area contributed by atoms with Gasteiger partial charge in [-0.25, -0.2) is 4.39 Å². The summed E-state index contributed by atoms with van der Waals surface area (Å²) >= 11 is 3.33. The molecule has 0 bridgehead atoms. The van der Waals surface area contributed by atoms with Crippen LogP contribution in [0.1, 0.15) is 38.8 Å². The lowest BCUT2D eigenvalue weighted by Gasteiger charge is -2.42. The van der Waals surface area contributed by atoms with Crippen LogP contribution < -0.4 is 10.2 Å². The van der Waals surface area contributed by atoms with E-state index in [1.165, 1.54) is 12.1 Å². The normalized spacial score (nSPS) is 15.2. The van der Waals surface area contributed by atoms with Gasteiger partial charge < -0.3 is 10.2 Å². The number of halogens is 2. The summed E-state index contributed by atoms with van der Waals surface area (Å²) in [5, 5.41) is 12.1. The van der Waals surface area contributed by atoms with Crippen molar-refractivity contribution < 1.29 is 9.18 Å². The standard InChI is InChI=1S/C24H23BrFN3O/c1-5-29-22-12-21(26)16(11-20(22)15(2)13-24(29,3)4)10-17(14-27)23(30)28-19-8-6-18(25)7-9-19/h6-13H,5H2,1-4H3,(H,28,30)/b17-10+. The molecule has 30 heavy (non-hydrogen) atoms. The SMILES string of the molecule is CCN1c2cc(F)c(/C=C(\C#N)C(=O)Nc3ccc(Br)cc3)cc2C(C)=CC1(C)C. The molecule has 3 rings (SSSR count). The monoisotopic (exact) mass is 467 g/mol. The minimum atomic E-state index is -0.583. The van der Waals surface area contributed by atoms with Gasteiger partial charge in [0, 0.05) is 33.5 Å². The largest absolute Gasteiger partial charge is 0.363 e. The fourth-order valence-corrected chi connectivity index (χ4v) is 4.10. The first-order chi connectivity index (χ1) is 14.2. The van der Waals surface area contributed by atoms with E-state index < -0.39 is 11.7 Å². The van der Waals surface area contributed by atoms with E-state index in [2.05, 4.69) is 46.1 Å². The number of allylic oxidation sites excluding steroid dienone is 1. The maximum atomic E-state index is 15.0. The van der Waals surface area contributed by atoms with Crippen LogP contribution in [-0.2, 0) is 4.79 Å². The third-order valence-electron chi connectivity index (χ3n) is 5.18. The Hall–Kier alpha value is -2.91. The molecule has 0 spiro atoms. The van der Waals surface area contributed by atoms with Gasteiger partial charge in [0.2, 0.25) is 0 Å². The highest BCUT2D eigenvalue weighted by Gasteiger charge is 2.31. The topological polar surface area (TPSA) is 56.1 Å². The third kappa shape index (κ3) is 4.31. The van der Waals surface area contributed by atoms with Crippen LogP contribution >= 0.6 is 15.9 Å². The zero-order valence-corrected chi connectivity index (χ0v) is 19.0. The Morgan fingerprint density at radius 2 is 1.97 bits per heavy atom. The van der Waals surface area contributed by atoms with Crippen LogP contribution in [0.15, 0.2) is 52.5 Å². The first-order valence-electron chi connectivity index (χ1n) is 9.66. The van der Waals surface area contributed by atoms with E-state index in [9.17, 15) is 14.4 Å². The Kier molecular flexibility index (Phi) is 6.14. The number of anilines is 2. The van der Waals surface area contributed by atoms with Crippen molar-refractivity contribution in [2.75, 3.05) is 16.8 Å².